The number of hydrogen-bond acceptors (Lipinski definition) is 5. The third-order valence-electron chi connectivity index (χ3n) is 4.41. The van der Waals surface area contributed by atoms with E-state index in [4.69, 9.17) is 5.73 Å². The van der Waals surface area contributed by atoms with Crippen LogP contribution in [0, 0.1) is 0 Å². The summed E-state index contributed by atoms with van der Waals surface area (Å²) in [4.78, 5) is 18.0. The number of hydrogen-bond donors (Lipinski definition) is 1. The van der Waals surface area contributed by atoms with Crippen molar-refractivity contribution in [1.29, 1.82) is 0 Å². The standard InChI is InChI=1S/C17H22N4O3S.2ClH/c1-13(18)17(22)20-8-3-9-21(11-10-20)25(23,24)16-5-2-4-14-12-19-7-6-15(14)16;;/h2,4-7,12-13H,3,8-11,18H2,1H3;2*1H/t13-;;/m1../s1. The largest absolute Gasteiger partial charge is 0.340 e. The van der Waals surface area contributed by atoms with Crippen molar-refractivity contribution in [3.05, 3.63) is 36.7 Å². The molecule has 0 spiro atoms. The molecule has 0 saturated carbocycles. The zero-order chi connectivity index (χ0) is 18.0. The molecule has 0 radical (unpaired) electrons. The number of rotatable bonds is 3. The van der Waals surface area contributed by atoms with E-state index in [0.717, 1.165) is 5.39 Å². The Morgan fingerprint density at radius 3 is 2.59 bits per heavy atom. The number of sulfonamides is 1. The van der Waals surface area contributed by atoms with Gasteiger partial charge in [-0.3, -0.25) is 9.78 Å². The topological polar surface area (TPSA) is 96.6 Å². The summed E-state index contributed by atoms with van der Waals surface area (Å²) in [6.45, 7) is 3.17. The number of amides is 1. The number of carbonyl (C=O) groups excluding carboxylic acids is 1. The summed E-state index contributed by atoms with van der Waals surface area (Å²) >= 11 is 0. The van der Waals surface area contributed by atoms with Crippen molar-refractivity contribution >= 4 is 51.5 Å². The molecule has 10 heteroatoms. The van der Waals surface area contributed by atoms with Crippen LogP contribution in [0.15, 0.2) is 41.6 Å². The molecule has 7 nitrogen and oxygen atoms in total. The second-order valence-corrected chi connectivity index (χ2v) is 8.13. The molecular formula is C17H24Cl2N4O3S. The molecule has 2 heterocycles. The van der Waals surface area contributed by atoms with Crippen molar-refractivity contribution in [3.63, 3.8) is 0 Å². The number of nitrogens with zero attached hydrogens (tertiary/aromatic N) is 3. The van der Waals surface area contributed by atoms with Crippen LogP contribution in [0.5, 0.6) is 0 Å². The first-order chi connectivity index (χ1) is 11.9. The quantitative estimate of drug-likeness (QED) is 0.791. The summed E-state index contributed by atoms with van der Waals surface area (Å²) in [7, 11) is -3.65. The van der Waals surface area contributed by atoms with E-state index in [2.05, 4.69) is 4.98 Å². The first kappa shape index (κ1) is 23.6. The molecule has 27 heavy (non-hydrogen) atoms. The summed E-state index contributed by atoms with van der Waals surface area (Å²) in [5.74, 6) is -0.143. The Morgan fingerprint density at radius 2 is 1.89 bits per heavy atom. The first-order valence-corrected chi connectivity index (χ1v) is 9.72. The normalized spacial score (nSPS) is 16.7. The van der Waals surface area contributed by atoms with Gasteiger partial charge in [0.15, 0.2) is 0 Å². The Hall–Kier alpha value is -1.45. The van der Waals surface area contributed by atoms with Crippen LogP contribution in [-0.4, -0.2) is 60.7 Å². The van der Waals surface area contributed by atoms with Gasteiger partial charge in [-0.25, -0.2) is 8.42 Å². The van der Waals surface area contributed by atoms with Gasteiger partial charge in [-0.1, -0.05) is 12.1 Å². The van der Waals surface area contributed by atoms with E-state index in [-0.39, 0.29) is 42.2 Å². The number of pyridine rings is 1. The molecule has 1 aliphatic heterocycles. The Kier molecular flexibility index (Phi) is 8.44. The van der Waals surface area contributed by atoms with E-state index in [9.17, 15) is 13.2 Å². The van der Waals surface area contributed by atoms with Crippen LogP contribution in [0.2, 0.25) is 0 Å². The molecule has 2 N–H and O–H groups in total. The molecule has 0 unspecified atom stereocenters. The molecule has 1 atom stereocenters. The average molecular weight is 435 g/mol. The van der Waals surface area contributed by atoms with Crippen molar-refractivity contribution in [2.24, 2.45) is 5.73 Å². The minimum absolute atomic E-state index is 0. The molecule has 1 saturated heterocycles. The number of carbonyl (C=O) groups is 1. The maximum Gasteiger partial charge on any atom is 0.243 e. The van der Waals surface area contributed by atoms with Crippen molar-refractivity contribution < 1.29 is 13.2 Å². The van der Waals surface area contributed by atoms with Crippen molar-refractivity contribution in [3.8, 4) is 0 Å². The zero-order valence-electron chi connectivity index (χ0n) is 14.9. The van der Waals surface area contributed by atoms with Crippen molar-refractivity contribution in [2.45, 2.75) is 24.3 Å². The Bertz CT molecular complexity index is 887. The van der Waals surface area contributed by atoms with E-state index in [1.807, 2.05) is 6.07 Å². The molecule has 1 fully saturated rings. The Balaban J connectivity index is 0.00000182. The molecule has 0 aliphatic carbocycles. The van der Waals surface area contributed by atoms with Crippen LogP contribution in [0.1, 0.15) is 13.3 Å². The van der Waals surface area contributed by atoms with Gasteiger partial charge in [0.2, 0.25) is 15.9 Å². The second kappa shape index (κ2) is 9.66. The van der Waals surface area contributed by atoms with Gasteiger partial charge in [-0.2, -0.15) is 4.31 Å². The van der Waals surface area contributed by atoms with Crippen molar-refractivity contribution in [2.75, 3.05) is 26.2 Å². The molecule has 1 aromatic heterocycles. The van der Waals surface area contributed by atoms with Gasteiger partial charge in [0, 0.05) is 49.3 Å². The van der Waals surface area contributed by atoms with Gasteiger partial charge in [-0.05, 0) is 25.5 Å². The summed E-state index contributed by atoms with van der Waals surface area (Å²) < 4.78 is 27.7. The molecule has 1 aliphatic rings. The minimum atomic E-state index is -3.65. The van der Waals surface area contributed by atoms with Gasteiger partial charge in [0.05, 0.1) is 10.9 Å². The number of halogens is 2. The molecule has 2 aromatic rings. The highest BCUT2D eigenvalue weighted by Crippen LogP contribution is 2.25. The van der Waals surface area contributed by atoms with E-state index < -0.39 is 16.1 Å². The van der Waals surface area contributed by atoms with Crippen LogP contribution in [0.3, 0.4) is 0 Å². The predicted octanol–water partition coefficient (Wildman–Crippen LogP) is 1.65. The maximum absolute atomic E-state index is 13.1. The smallest absolute Gasteiger partial charge is 0.243 e. The van der Waals surface area contributed by atoms with Crippen LogP contribution in [0.25, 0.3) is 10.8 Å². The highest BCUT2D eigenvalue weighted by Gasteiger charge is 2.29. The average Bonchev–Trinajstić information content (AvgIpc) is 2.87. The monoisotopic (exact) mass is 434 g/mol. The fourth-order valence-corrected chi connectivity index (χ4v) is 4.78. The van der Waals surface area contributed by atoms with Crippen LogP contribution < -0.4 is 5.73 Å². The van der Waals surface area contributed by atoms with Gasteiger partial charge in [0.25, 0.3) is 0 Å². The highest BCUT2D eigenvalue weighted by molar-refractivity contribution is 7.89. The molecule has 150 valence electrons. The SMILES string of the molecule is C[C@@H](N)C(=O)N1CCCN(S(=O)(=O)c2cccc3cnccc23)CC1.Cl.Cl. The second-order valence-electron chi connectivity index (χ2n) is 6.22. The molecule has 1 amide bonds. The third-order valence-corrected chi connectivity index (χ3v) is 6.37. The Morgan fingerprint density at radius 1 is 1.15 bits per heavy atom. The Labute approximate surface area is 171 Å². The first-order valence-electron chi connectivity index (χ1n) is 8.28. The molecule has 0 bridgehead atoms. The summed E-state index contributed by atoms with van der Waals surface area (Å²) in [5, 5.41) is 1.44. The van der Waals surface area contributed by atoms with Crippen LogP contribution in [0.4, 0.5) is 0 Å². The summed E-state index contributed by atoms with van der Waals surface area (Å²) in [6, 6.07) is 6.32. The van der Waals surface area contributed by atoms with E-state index >= 15 is 0 Å². The lowest BCUT2D eigenvalue weighted by atomic mass is 10.2. The third kappa shape index (κ3) is 4.89. The van der Waals surface area contributed by atoms with E-state index in [0.29, 0.717) is 31.4 Å². The maximum atomic E-state index is 13.1. The van der Waals surface area contributed by atoms with Gasteiger partial charge < -0.3 is 10.6 Å². The van der Waals surface area contributed by atoms with Gasteiger partial charge >= 0.3 is 0 Å². The van der Waals surface area contributed by atoms with Crippen LogP contribution >= 0.6 is 24.8 Å². The fourth-order valence-electron chi connectivity index (χ4n) is 3.10. The fraction of sp³-hybridized carbons (Fsp3) is 0.412. The van der Waals surface area contributed by atoms with Gasteiger partial charge in [0.1, 0.15) is 0 Å². The number of aromatic nitrogens is 1. The number of nitrogens with two attached hydrogens (primary N) is 1. The lowest BCUT2D eigenvalue weighted by molar-refractivity contribution is -0.132. The van der Waals surface area contributed by atoms with Crippen LogP contribution in [-0.2, 0) is 14.8 Å². The number of benzene rings is 1. The molecular weight excluding hydrogens is 411 g/mol. The molecule has 1 aromatic carbocycles. The minimum Gasteiger partial charge on any atom is -0.340 e. The lowest BCUT2D eigenvalue weighted by Crippen LogP contribution is -2.44. The predicted molar refractivity (Wildman–Crippen MR) is 110 cm³/mol. The zero-order valence-corrected chi connectivity index (χ0v) is 17.4. The van der Waals surface area contributed by atoms with E-state index in [1.54, 1.807) is 42.4 Å². The summed E-state index contributed by atoms with van der Waals surface area (Å²) in [5.41, 5.74) is 5.66. The highest BCUT2D eigenvalue weighted by atomic mass is 35.5. The van der Waals surface area contributed by atoms with Gasteiger partial charge in [-0.15, -0.1) is 24.8 Å². The van der Waals surface area contributed by atoms with Crippen molar-refractivity contribution in [1.82, 2.24) is 14.2 Å². The lowest BCUT2D eigenvalue weighted by Gasteiger charge is -2.23. The summed E-state index contributed by atoms with van der Waals surface area (Å²) in [6.07, 6.45) is 3.83. The van der Waals surface area contributed by atoms with E-state index in [1.165, 1.54) is 4.31 Å². The number of fused-ring (bicyclic) bond motifs is 1. The molecule has 3 rings (SSSR count).